The van der Waals surface area contributed by atoms with Crippen LogP contribution in [-0.2, 0) is 44.4 Å². The summed E-state index contributed by atoms with van der Waals surface area (Å²) in [6.07, 6.45) is 0.715. The molecule has 0 bridgehead atoms. The molecule has 0 amide bonds. The minimum atomic E-state index is -1.90. The van der Waals surface area contributed by atoms with E-state index in [-0.39, 0.29) is 49.5 Å². The van der Waals surface area contributed by atoms with Crippen molar-refractivity contribution in [3.8, 4) is 11.4 Å². The van der Waals surface area contributed by atoms with Crippen molar-refractivity contribution in [2.24, 2.45) is 0 Å². The molecule has 6 rings (SSSR count). The molecule has 192 valence electrons. The van der Waals surface area contributed by atoms with Gasteiger partial charge in [0.15, 0.2) is 11.9 Å². The number of aliphatic hydroxyl groups is 3. The summed E-state index contributed by atoms with van der Waals surface area (Å²) >= 11 is 0. The number of nitrogens with zero attached hydrogens (tertiary/aromatic N) is 2. The van der Waals surface area contributed by atoms with Gasteiger partial charge in [0.1, 0.15) is 18.8 Å². The number of hydrogen-bond donors (Lipinski definition) is 3. The van der Waals surface area contributed by atoms with E-state index >= 15 is 0 Å². The maximum atomic E-state index is 13.5. The lowest BCUT2D eigenvalue weighted by molar-refractivity contribution is -0.184. The average molecular weight is 507 g/mol. The summed E-state index contributed by atoms with van der Waals surface area (Å²) < 4.78 is 18.4. The maximum Gasteiger partial charge on any atom is 0.343 e. The summed E-state index contributed by atoms with van der Waals surface area (Å²) in [7, 11) is 0. The van der Waals surface area contributed by atoms with Crippen LogP contribution in [0.25, 0.3) is 22.3 Å². The van der Waals surface area contributed by atoms with E-state index in [4.69, 9.17) is 19.2 Å². The van der Waals surface area contributed by atoms with E-state index in [0.717, 1.165) is 16.5 Å². The highest BCUT2D eigenvalue weighted by atomic mass is 16.7. The third kappa shape index (κ3) is 3.64. The first-order chi connectivity index (χ1) is 17.9. The number of fused-ring (bicyclic) bond motifs is 5. The first kappa shape index (κ1) is 24.0. The number of pyridine rings is 2. The molecular weight excluding hydrogens is 480 g/mol. The number of hydrogen-bond acceptors (Lipinski definition) is 9. The lowest BCUT2D eigenvalue weighted by Gasteiger charge is -2.31. The van der Waals surface area contributed by atoms with Crippen LogP contribution in [0.5, 0.6) is 0 Å². The zero-order chi connectivity index (χ0) is 25.9. The number of para-hydroxylation sites is 1. The molecule has 3 aliphatic rings. The van der Waals surface area contributed by atoms with E-state index in [1.54, 1.807) is 23.6 Å². The van der Waals surface area contributed by atoms with Crippen LogP contribution in [-0.4, -0.2) is 55.9 Å². The Morgan fingerprint density at radius 3 is 2.81 bits per heavy atom. The van der Waals surface area contributed by atoms with Gasteiger partial charge in [-0.2, -0.15) is 0 Å². The number of carbonyl (C=O) groups excluding carboxylic acids is 1. The molecule has 0 radical (unpaired) electrons. The van der Waals surface area contributed by atoms with Gasteiger partial charge in [0.25, 0.3) is 5.56 Å². The molecule has 0 spiro atoms. The van der Waals surface area contributed by atoms with Crippen LogP contribution in [0, 0.1) is 0 Å². The Bertz CT molecular complexity index is 1510. The van der Waals surface area contributed by atoms with Gasteiger partial charge in [-0.15, -0.1) is 0 Å². The molecule has 10 heteroatoms. The Hall–Kier alpha value is -3.41. The van der Waals surface area contributed by atoms with Crippen LogP contribution < -0.4 is 5.56 Å². The van der Waals surface area contributed by atoms with E-state index in [1.807, 2.05) is 24.3 Å². The number of benzene rings is 1. The van der Waals surface area contributed by atoms with Crippen molar-refractivity contribution >= 4 is 16.9 Å². The monoisotopic (exact) mass is 506 g/mol. The Morgan fingerprint density at radius 2 is 2.03 bits per heavy atom. The van der Waals surface area contributed by atoms with Gasteiger partial charge in [-0.25, -0.2) is 9.78 Å². The average Bonchev–Trinajstić information content (AvgIpc) is 3.28. The molecule has 4 atom stereocenters. The Kier molecular flexibility index (Phi) is 5.74. The molecule has 2 aromatic heterocycles. The number of cyclic esters (lactones) is 1. The van der Waals surface area contributed by atoms with Crippen molar-refractivity contribution in [1.29, 1.82) is 0 Å². The second-order valence-electron chi connectivity index (χ2n) is 9.45. The molecule has 10 nitrogen and oxygen atoms in total. The van der Waals surface area contributed by atoms with Gasteiger partial charge in [-0.3, -0.25) is 4.79 Å². The standard InChI is InChI=1S/C27H26N2O8/c1-2-27(34)18-9-20-24-15(10-29(20)25(32)17(18)13-36-26(27)33)16(14-5-3-4-6-19(14)28-24)12-35-23-8-7-21(31)22(11-30)37-23/h3-9,21-23,30-31,34H,2,10-13H2,1H3/t21?,22?,23?,27-/m0/s1. The molecule has 0 aliphatic carbocycles. The molecule has 1 aromatic carbocycles. The van der Waals surface area contributed by atoms with Crippen LogP contribution in [0.1, 0.15) is 35.6 Å². The lowest BCUT2D eigenvalue weighted by Crippen LogP contribution is -2.44. The largest absolute Gasteiger partial charge is 0.458 e. The second kappa shape index (κ2) is 8.86. The number of esters is 1. The summed E-state index contributed by atoms with van der Waals surface area (Å²) in [5.41, 5.74) is 1.71. The van der Waals surface area contributed by atoms with Gasteiger partial charge in [-0.1, -0.05) is 31.2 Å². The topological polar surface area (TPSA) is 140 Å². The van der Waals surface area contributed by atoms with E-state index in [9.17, 15) is 24.9 Å². The fraction of sp³-hybridized carbons (Fsp3) is 0.370. The van der Waals surface area contributed by atoms with Gasteiger partial charge >= 0.3 is 5.97 Å². The van der Waals surface area contributed by atoms with Crippen molar-refractivity contribution in [3.63, 3.8) is 0 Å². The van der Waals surface area contributed by atoms with Crippen LogP contribution in [0.3, 0.4) is 0 Å². The fourth-order valence-corrected chi connectivity index (χ4v) is 5.32. The predicted octanol–water partition coefficient (Wildman–Crippen LogP) is 1.23. The summed E-state index contributed by atoms with van der Waals surface area (Å²) in [6, 6.07) is 9.24. The van der Waals surface area contributed by atoms with Crippen molar-refractivity contribution < 1.29 is 34.3 Å². The van der Waals surface area contributed by atoms with E-state index in [2.05, 4.69) is 0 Å². The highest BCUT2D eigenvalue weighted by molar-refractivity contribution is 5.89. The first-order valence-corrected chi connectivity index (χ1v) is 12.2. The van der Waals surface area contributed by atoms with Crippen LogP contribution in [0.15, 0.2) is 47.3 Å². The quantitative estimate of drug-likeness (QED) is 0.269. The van der Waals surface area contributed by atoms with Crippen molar-refractivity contribution in [1.82, 2.24) is 9.55 Å². The molecule has 3 aromatic rings. The summed E-state index contributed by atoms with van der Waals surface area (Å²) in [4.78, 5) is 30.8. The van der Waals surface area contributed by atoms with E-state index in [1.165, 1.54) is 6.08 Å². The van der Waals surface area contributed by atoms with Crippen molar-refractivity contribution in [2.75, 3.05) is 6.61 Å². The Morgan fingerprint density at radius 1 is 1.22 bits per heavy atom. The number of ether oxygens (including phenoxy) is 3. The third-order valence-electron chi connectivity index (χ3n) is 7.44. The number of carbonyl (C=O) groups is 1. The fourth-order valence-electron chi connectivity index (χ4n) is 5.32. The molecule has 37 heavy (non-hydrogen) atoms. The third-order valence-corrected chi connectivity index (χ3v) is 7.44. The van der Waals surface area contributed by atoms with Crippen LogP contribution in [0.4, 0.5) is 0 Å². The molecule has 0 fully saturated rings. The summed E-state index contributed by atoms with van der Waals surface area (Å²) in [5, 5.41) is 31.3. The minimum absolute atomic E-state index is 0.0667. The zero-order valence-electron chi connectivity index (χ0n) is 20.1. The van der Waals surface area contributed by atoms with Crippen LogP contribution >= 0.6 is 0 Å². The minimum Gasteiger partial charge on any atom is -0.458 e. The van der Waals surface area contributed by atoms with Gasteiger partial charge < -0.3 is 34.1 Å². The number of rotatable bonds is 5. The second-order valence-corrected chi connectivity index (χ2v) is 9.45. The molecule has 0 saturated heterocycles. The highest BCUT2D eigenvalue weighted by Crippen LogP contribution is 2.40. The zero-order valence-corrected chi connectivity index (χ0v) is 20.1. The van der Waals surface area contributed by atoms with Gasteiger partial charge in [0.05, 0.1) is 42.2 Å². The molecule has 3 N–H and O–H groups in total. The molecular formula is C27H26N2O8. The molecule has 3 aliphatic heterocycles. The number of aliphatic hydroxyl groups excluding tert-OH is 2. The smallest absolute Gasteiger partial charge is 0.343 e. The molecule has 3 unspecified atom stereocenters. The van der Waals surface area contributed by atoms with E-state index in [0.29, 0.717) is 16.9 Å². The predicted molar refractivity (Wildman–Crippen MR) is 130 cm³/mol. The lowest BCUT2D eigenvalue weighted by atomic mass is 9.86. The van der Waals surface area contributed by atoms with Gasteiger partial charge in [0, 0.05) is 16.5 Å². The Labute approximate surface area is 211 Å². The number of aromatic nitrogens is 2. The van der Waals surface area contributed by atoms with Crippen LogP contribution in [0.2, 0.25) is 0 Å². The van der Waals surface area contributed by atoms with E-state index < -0.39 is 30.1 Å². The maximum absolute atomic E-state index is 13.5. The van der Waals surface area contributed by atoms with Gasteiger partial charge in [0.2, 0.25) is 0 Å². The summed E-state index contributed by atoms with van der Waals surface area (Å²) in [6.45, 7) is 1.49. The van der Waals surface area contributed by atoms with Gasteiger partial charge in [-0.05, 0) is 30.2 Å². The summed E-state index contributed by atoms with van der Waals surface area (Å²) in [5.74, 6) is -0.766. The molecule has 0 saturated carbocycles. The van der Waals surface area contributed by atoms with Crippen molar-refractivity contribution in [2.45, 2.75) is 57.2 Å². The highest BCUT2D eigenvalue weighted by Gasteiger charge is 2.45. The Balaban J connectivity index is 1.46. The first-order valence-electron chi connectivity index (χ1n) is 12.2. The molecule has 5 heterocycles. The van der Waals surface area contributed by atoms with Crippen molar-refractivity contribution in [3.05, 3.63) is 75.1 Å². The normalized spacial score (nSPS) is 26.1. The SMILES string of the molecule is CC[C@@]1(O)C(=O)OCc2c1cc1n(c2=O)Cc2c-1nc1ccccc1c2COC1C=CC(O)C(CO)O1.